The van der Waals surface area contributed by atoms with Gasteiger partial charge in [0.1, 0.15) is 0 Å². The number of rotatable bonds is 5. The molecule has 6 rings (SSSR count). The predicted molar refractivity (Wildman–Crippen MR) is 124 cm³/mol. The molecule has 0 aromatic carbocycles. The topological polar surface area (TPSA) is 107 Å². The summed E-state index contributed by atoms with van der Waals surface area (Å²) >= 11 is 0. The number of hydrogen-bond donors (Lipinski definition) is 2. The number of nitrogens with two attached hydrogens (primary N) is 1. The zero-order valence-electron chi connectivity index (χ0n) is 20.8. The molecular weight excluding hydrogens is 511 g/mol. The van der Waals surface area contributed by atoms with Crippen LogP contribution in [0.4, 0.5) is 22.0 Å². The van der Waals surface area contributed by atoms with E-state index in [9.17, 15) is 26.7 Å². The fraction of sp³-hybridized carbons (Fsp3) is 0.760. The van der Waals surface area contributed by atoms with Crippen LogP contribution in [0.25, 0.3) is 5.78 Å². The van der Waals surface area contributed by atoms with E-state index in [4.69, 9.17) is 15.5 Å². The first-order valence-electron chi connectivity index (χ1n) is 13.2. The van der Waals surface area contributed by atoms with E-state index in [1.807, 2.05) is 0 Å². The van der Waals surface area contributed by atoms with Gasteiger partial charge >= 0.3 is 6.18 Å². The molecule has 13 heteroatoms. The van der Waals surface area contributed by atoms with Gasteiger partial charge in [-0.2, -0.15) is 18.3 Å². The van der Waals surface area contributed by atoms with Gasteiger partial charge in [-0.25, -0.2) is 23.3 Å². The second-order valence-corrected chi connectivity index (χ2v) is 11.8. The number of carbonyl (C=O) groups is 1. The minimum atomic E-state index is -4.39. The Hall–Kier alpha value is -2.41. The summed E-state index contributed by atoms with van der Waals surface area (Å²) in [4.78, 5) is 21.9. The van der Waals surface area contributed by atoms with E-state index < -0.39 is 42.4 Å². The summed E-state index contributed by atoms with van der Waals surface area (Å²) in [5, 5.41) is 7.08. The van der Waals surface area contributed by atoms with Gasteiger partial charge in [0.05, 0.1) is 35.2 Å². The summed E-state index contributed by atoms with van der Waals surface area (Å²) in [6.45, 7) is 0.646. The first-order valence-corrected chi connectivity index (χ1v) is 13.2. The monoisotopic (exact) mass is 542 g/mol. The number of halogens is 5. The molecule has 2 aliphatic carbocycles. The van der Waals surface area contributed by atoms with Crippen LogP contribution >= 0.6 is 0 Å². The molecule has 4 heterocycles. The van der Waals surface area contributed by atoms with Gasteiger partial charge in [0.15, 0.2) is 0 Å². The van der Waals surface area contributed by atoms with E-state index in [-0.39, 0.29) is 42.9 Å². The number of nitrogens with one attached hydrogen (secondary N) is 1. The van der Waals surface area contributed by atoms with Crippen LogP contribution in [-0.4, -0.2) is 57.3 Å². The number of carbonyl (C=O) groups excluding carboxylic acids is 1. The van der Waals surface area contributed by atoms with Crippen LogP contribution in [0.3, 0.4) is 0 Å². The Morgan fingerprint density at radius 3 is 2.55 bits per heavy atom. The molecule has 208 valence electrons. The number of fused-ring (bicyclic) bond motifs is 1. The molecule has 2 saturated carbocycles. The molecule has 4 aliphatic rings. The maximum atomic E-state index is 13.4. The van der Waals surface area contributed by atoms with E-state index in [2.05, 4.69) is 15.4 Å². The van der Waals surface area contributed by atoms with Gasteiger partial charge in [0.25, 0.3) is 5.78 Å². The summed E-state index contributed by atoms with van der Waals surface area (Å²) in [7, 11) is 0. The second-order valence-electron chi connectivity index (χ2n) is 11.8. The van der Waals surface area contributed by atoms with E-state index in [1.165, 1.54) is 4.52 Å². The SMILES string of the molecule is N[C@H](c1cn2nc(C[C@H]3C[C@@H](C(F)(F)F)CNC3=O)c(C3CCOCC3)nc2n1)C1CC2(C1)CC(F)(F)C2. The van der Waals surface area contributed by atoms with Gasteiger partial charge in [0, 0.05) is 50.9 Å². The summed E-state index contributed by atoms with van der Waals surface area (Å²) in [6, 6.07) is -0.454. The lowest BCUT2D eigenvalue weighted by Gasteiger charge is -2.58. The van der Waals surface area contributed by atoms with Crippen LogP contribution in [-0.2, 0) is 16.0 Å². The quantitative estimate of drug-likeness (QED) is 0.558. The van der Waals surface area contributed by atoms with Gasteiger partial charge in [-0.15, -0.1) is 0 Å². The Balaban J connectivity index is 1.26. The Labute approximate surface area is 215 Å². The number of hydrogen-bond acceptors (Lipinski definition) is 6. The fourth-order valence-electron chi connectivity index (χ4n) is 6.93. The molecule has 1 spiro atoms. The number of ether oxygens (including phenoxy) is 1. The number of amides is 1. The summed E-state index contributed by atoms with van der Waals surface area (Å²) in [5.41, 5.74) is 7.84. The minimum Gasteiger partial charge on any atom is -0.381 e. The second kappa shape index (κ2) is 9.07. The Morgan fingerprint density at radius 2 is 1.89 bits per heavy atom. The number of piperidine rings is 1. The number of aromatic nitrogens is 4. The third-order valence-electron chi connectivity index (χ3n) is 8.91. The van der Waals surface area contributed by atoms with Crippen LogP contribution in [0.15, 0.2) is 6.20 Å². The average molecular weight is 543 g/mol. The molecule has 3 N–H and O–H groups in total. The van der Waals surface area contributed by atoms with Crippen molar-refractivity contribution in [2.24, 2.45) is 28.9 Å². The molecule has 3 atom stereocenters. The zero-order valence-corrected chi connectivity index (χ0v) is 20.8. The molecule has 0 unspecified atom stereocenters. The van der Waals surface area contributed by atoms with Gasteiger partial charge in [-0.1, -0.05) is 0 Å². The van der Waals surface area contributed by atoms with Gasteiger partial charge in [-0.05, 0) is 43.4 Å². The van der Waals surface area contributed by atoms with Crippen LogP contribution in [0.2, 0.25) is 0 Å². The molecule has 2 aromatic heterocycles. The Bertz CT molecular complexity index is 1210. The molecule has 2 aromatic rings. The number of imidazole rings is 1. The molecule has 38 heavy (non-hydrogen) atoms. The maximum absolute atomic E-state index is 13.4. The molecule has 8 nitrogen and oxygen atoms in total. The van der Waals surface area contributed by atoms with Crippen molar-refractivity contribution in [1.82, 2.24) is 24.9 Å². The van der Waals surface area contributed by atoms with E-state index >= 15 is 0 Å². The first-order chi connectivity index (χ1) is 17.9. The summed E-state index contributed by atoms with van der Waals surface area (Å²) in [6.07, 6.45) is -0.539. The molecule has 2 aliphatic heterocycles. The minimum absolute atomic E-state index is 0.0121. The van der Waals surface area contributed by atoms with Crippen molar-refractivity contribution >= 4 is 11.7 Å². The highest BCUT2D eigenvalue weighted by molar-refractivity contribution is 5.79. The highest BCUT2D eigenvalue weighted by atomic mass is 19.4. The molecule has 0 bridgehead atoms. The van der Waals surface area contributed by atoms with Crippen LogP contribution < -0.4 is 11.1 Å². The summed E-state index contributed by atoms with van der Waals surface area (Å²) in [5.74, 6) is -5.12. The summed E-state index contributed by atoms with van der Waals surface area (Å²) < 4.78 is 73.9. The third kappa shape index (κ3) is 4.76. The highest BCUT2D eigenvalue weighted by Gasteiger charge is 2.62. The van der Waals surface area contributed by atoms with Crippen molar-refractivity contribution < 1.29 is 31.5 Å². The van der Waals surface area contributed by atoms with Crippen molar-refractivity contribution in [1.29, 1.82) is 0 Å². The Morgan fingerprint density at radius 1 is 1.18 bits per heavy atom. The number of nitrogens with zero attached hydrogens (tertiary/aromatic N) is 4. The average Bonchev–Trinajstić information content (AvgIpc) is 3.24. The lowest BCUT2D eigenvalue weighted by molar-refractivity contribution is -0.209. The van der Waals surface area contributed by atoms with Crippen molar-refractivity contribution in [3.63, 3.8) is 0 Å². The number of alkyl halides is 5. The lowest BCUT2D eigenvalue weighted by atomic mass is 9.49. The fourth-order valence-corrected chi connectivity index (χ4v) is 6.93. The predicted octanol–water partition coefficient (Wildman–Crippen LogP) is 3.70. The van der Waals surface area contributed by atoms with E-state index in [0.29, 0.717) is 61.8 Å². The zero-order chi connectivity index (χ0) is 26.9. The van der Waals surface area contributed by atoms with Crippen molar-refractivity contribution in [3.05, 3.63) is 23.3 Å². The van der Waals surface area contributed by atoms with E-state index in [1.54, 1.807) is 6.20 Å². The van der Waals surface area contributed by atoms with Crippen molar-refractivity contribution in [2.45, 2.75) is 75.4 Å². The molecule has 0 radical (unpaired) electrons. The van der Waals surface area contributed by atoms with Crippen LogP contribution in [0.1, 0.15) is 74.0 Å². The van der Waals surface area contributed by atoms with Crippen LogP contribution in [0.5, 0.6) is 0 Å². The highest BCUT2D eigenvalue weighted by Crippen LogP contribution is 2.66. The van der Waals surface area contributed by atoms with E-state index in [0.717, 1.165) is 0 Å². The van der Waals surface area contributed by atoms with Gasteiger partial charge in [-0.3, -0.25) is 4.79 Å². The molecule has 2 saturated heterocycles. The van der Waals surface area contributed by atoms with Gasteiger partial charge < -0.3 is 15.8 Å². The van der Waals surface area contributed by atoms with Crippen LogP contribution in [0, 0.1) is 23.2 Å². The molecule has 4 fully saturated rings. The first kappa shape index (κ1) is 25.8. The lowest BCUT2D eigenvalue weighted by Crippen LogP contribution is -2.55. The largest absolute Gasteiger partial charge is 0.393 e. The Kier molecular flexibility index (Phi) is 6.17. The van der Waals surface area contributed by atoms with Crippen molar-refractivity contribution in [2.75, 3.05) is 19.8 Å². The smallest absolute Gasteiger partial charge is 0.381 e. The molecular formula is C25H31F5N6O2. The van der Waals surface area contributed by atoms with Crippen molar-refractivity contribution in [3.8, 4) is 0 Å². The van der Waals surface area contributed by atoms with Gasteiger partial charge in [0.2, 0.25) is 11.8 Å². The molecule has 1 amide bonds. The third-order valence-corrected chi connectivity index (χ3v) is 8.91. The standard InChI is InChI=1S/C25H31F5N6O2/c26-24(27)11-23(12-24)7-15(8-23)19(31)18-10-36-22(33-18)34-20(13-1-3-38-4-2-13)17(35-36)6-14-5-16(25(28,29)30)9-32-21(14)37/h10,13-16,19H,1-9,11-12,31H2,(H,32,37)/t14-,16-,19+/m1/s1. The maximum Gasteiger partial charge on any atom is 0.393 e. The normalized spacial score (nSPS) is 28.6.